The maximum absolute atomic E-state index is 11.8. The van der Waals surface area contributed by atoms with Gasteiger partial charge < -0.3 is 14.8 Å². The largest absolute Gasteiger partial charge is 0.481 e. The highest BCUT2D eigenvalue weighted by Crippen LogP contribution is 2.26. The van der Waals surface area contributed by atoms with E-state index in [0.29, 0.717) is 0 Å². The molecule has 1 aromatic carbocycles. The van der Waals surface area contributed by atoms with E-state index in [4.69, 9.17) is 9.84 Å². The van der Waals surface area contributed by atoms with Crippen molar-refractivity contribution in [2.24, 2.45) is 0 Å². The zero-order valence-corrected chi connectivity index (χ0v) is 11.9. The molecule has 0 saturated heterocycles. The molecule has 2 rings (SSSR count). The van der Waals surface area contributed by atoms with Crippen LogP contribution in [0.25, 0.3) is 0 Å². The van der Waals surface area contributed by atoms with Gasteiger partial charge in [0.15, 0.2) is 5.75 Å². The van der Waals surface area contributed by atoms with Crippen molar-refractivity contribution < 1.29 is 19.6 Å². The van der Waals surface area contributed by atoms with Crippen LogP contribution in [-0.4, -0.2) is 26.0 Å². The fourth-order valence-electron chi connectivity index (χ4n) is 1.83. The van der Waals surface area contributed by atoms with E-state index in [-0.39, 0.29) is 42.3 Å². The van der Waals surface area contributed by atoms with E-state index < -0.39 is 16.5 Å². The number of benzene rings is 1. The molecule has 0 spiro atoms. The number of aryl methyl sites for hydroxylation is 1. The Morgan fingerprint density at radius 2 is 2.13 bits per heavy atom. The van der Waals surface area contributed by atoms with Crippen molar-refractivity contribution in [3.8, 4) is 5.75 Å². The van der Waals surface area contributed by atoms with Gasteiger partial charge in [0.25, 0.3) is 5.56 Å². The third kappa shape index (κ3) is 4.37. The van der Waals surface area contributed by atoms with Crippen LogP contribution in [0.5, 0.6) is 5.75 Å². The second-order valence-electron chi connectivity index (χ2n) is 4.59. The van der Waals surface area contributed by atoms with Gasteiger partial charge in [0.05, 0.1) is 4.92 Å². The minimum Gasteiger partial charge on any atom is -0.481 e. The van der Waals surface area contributed by atoms with Crippen molar-refractivity contribution >= 4 is 11.7 Å². The van der Waals surface area contributed by atoms with Crippen LogP contribution in [0.1, 0.15) is 17.8 Å². The highest BCUT2D eigenvalue weighted by atomic mass is 16.6. The van der Waals surface area contributed by atoms with Gasteiger partial charge in [-0.1, -0.05) is 12.1 Å². The summed E-state index contributed by atoms with van der Waals surface area (Å²) >= 11 is 0. The molecular formula is C14H13N3O6. The van der Waals surface area contributed by atoms with E-state index in [0.717, 1.165) is 0 Å². The van der Waals surface area contributed by atoms with Gasteiger partial charge in [-0.25, -0.2) is 4.98 Å². The van der Waals surface area contributed by atoms with E-state index in [1.54, 1.807) is 6.07 Å². The quantitative estimate of drug-likeness (QED) is 0.579. The molecule has 9 heteroatoms. The van der Waals surface area contributed by atoms with Crippen molar-refractivity contribution in [3.63, 3.8) is 0 Å². The monoisotopic (exact) mass is 319 g/mol. The van der Waals surface area contributed by atoms with Crippen molar-refractivity contribution in [3.05, 3.63) is 62.3 Å². The number of aromatic nitrogens is 2. The van der Waals surface area contributed by atoms with Crippen molar-refractivity contribution in [2.45, 2.75) is 19.4 Å². The second kappa shape index (κ2) is 7.16. The number of aromatic amines is 1. The molecule has 9 nitrogen and oxygen atoms in total. The number of H-pyrrole nitrogens is 1. The smallest absolute Gasteiger partial charge is 0.310 e. The number of carboxylic acids is 1. The lowest BCUT2D eigenvalue weighted by atomic mass is 10.2. The van der Waals surface area contributed by atoms with E-state index in [2.05, 4.69) is 9.97 Å². The number of nitrogens with one attached hydrogen (secondary N) is 1. The molecule has 0 aliphatic rings. The number of carboxylic acid groups (broad SMARTS) is 1. The summed E-state index contributed by atoms with van der Waals surface area (Å²) in [4.78, 5) is 39.0. The van der Waals surface area contributed by atoms with Crippen molar-refractivity contribution in [1.82, 2.24) is 9.97 Å². The molecule has 1 aromatic heterocycles. The van der Waals surface area contributed by atoms with Crippen molar-refractivity contribution in [1.29, 1.82) is 0 Å². The normalized spacial score (nSPS) is 10.3. The fourth-order valence-corrected chi connectivity index (χ4v) is 1.83. The number of nitro groups is 1. The molecule has 2 aromatic rings. The molecule has 120 valence electrons. The number of para-hydroxylation sites is 2. The number of hydrogen-bond acceptors (Lipinski definition) is 6. The summed E-state index contributed by atoms with van der Waals surface area (Å²) in [6.07, 6.45) is 1.18. The van der Waals surface area contributed by atoms with Crippen LogP contribution in [0.2, 0.25) is 0 Å². The first-order valence-electron chi connectivity index (χ1n) is 6.62. The molecule has 0 amide bonds. The zero-order chi connectivity index (χ0) is 16.8. The molecule has 0 bridgehead atoms. The number of hydrogen-bond donors (Lipinski definition) is 2. The van der Waals surface area contributed by atoms with Crippen LogP contribution in [0.15, 0.2) is 35.3 Å². The van der Waals surface area contributed by atoms with E-state index >= 15 is 0 Å². The molecule has 0 unspecified atom stereocenters. The standard InChI is InChI=1S/C14H13N3O6/c18-13(19)6-5-9-7-15-12(16-14(9)20)8-23-11-4-2-1-3-10(11)17(21)22/h1-4,7H,5-6,8H2,(H,18,19)(H,15,16,20). The summed E-state index contributed by atoms with van der Waals surface area (Å²) in [5, 5.41) is 19.5. The molecule has 0 radical (unpaired) electrons. The summed E-state index contributed by atoms with van der Waals surface area (Å²) < 4.78 is 5.31. The number of nitro benzene ring substituents is 1. The maximum atomic E-state index is 11.8. The molecule has 0 saturated carbocycles. The zero-order valence-electron chi connectivity index (χ0n) is 11.9. The molecular weight excluding hydrogens is 306 g/mol. The Hall–Kier alpha value is -3.23. The Kier molecular flexibility index (Phi) is 5.03. The van der Waals surface area contributed by atoms with Crippen LogP contribution in [0.4, 0.5) is 5.69 Å². The highest BCUT2D eigenvalue weighted by molar-refractivity contribution is 5.67. The Morgan fingerprint density at radius 3 is 2.78 bits per heavy atom. The molecule has 1 heterocycles. The fraction of sp³-hybridized carbons (Fsp3) is 0.214. The summed E-state index contributed by atoms with van der Waals surface area (Å²) in [5.41, 5.74) is -0.392. The van der Waals surface area contributed by atoms with E-state index in [1.165, 1.54) is 24.4 Å². The summed E-state index contributed by atoms with van der Waals surface area (Å²) in [6, 6.07) is 5.85. The van der Waals surface area contributed by atoms with E-state index in [9.17, 15) is 19.7 Å². The Morgan fingerprint density at radius 1 is 1.39 bits per heavy atom. The molecule has 0 aliphatic heterocycles. The van der Waals surface area contributed by atoms with Gasteiger partial charge in [0.2, 0.25) is 0 Å². The number of aliphatic carboxylic acids is 1. The Balaban J connectivity index is 2.07. The van der Waals surface area contributed by atoms with E-state index in [1.807, 2.05) is 0 Å². The number of ether oxygens (including phenoxy) is 1. The van der Waals surface area contributed by atoms with Crippen LogP contribution < -0.4 is 10.3 Å². The minimum absolute atomic E-state index is 0.0649. The van der Waals surface area contributed by atoms with Gasteiger partial charge in [0, 0.05) is 24.2 Å². The lowest BCUT2D eigenvalue weighted by molar-refractivity contribution is -0.385. The van der Waals surface area contributed by atoms with Gasteiger partial charge in [-0.05, 0) is 12.5 Å². The van der Waals surface area contributed by atoms with Gasteiger partial charge in [-0.15, -0.1) is 0 Å². The number of rotatable bonds is 7. The third-order valence-corrected chi connectivity index (χ3v) is 2.96. The molecule has 23 heavy (non-hydrogen) atoms. The van der Waals surface area contributed by atoms with Gasteiger partial charge in [-0.2, -0.15) is 0 Å². The van der Waals surface area contributed by atoms with Gasteiger partial charge in [-0.3, -0.25) is 19.7 Å². The summed E-state index contributed by atoms with van der Waals surface area (Å²) in [6.45, 7) is -0.153. The molecule has 0 atom stereocenters. The minimum atomic E-state index is -1.01. The topological polar surface area (TPSA) is 135 Å². The van der Waals surface area contributed by atoms with Crippen LogP contribution in [-0.2, 0) is 17.8 Å². The molecule has 0 aliphatic carbocycles. The maximum Gasteiger partial charge on any atom is 0.310 e. The van der Waals surface area contributed by atoms with Crippen molar-refractivity contribution in [2.75, 3.05) is 0 Å². The summed E-state index contributed by atoms with van der Waals surface area (Å²) in [7, 11) is 0. The average molecular weight is 319 g/mol. The predicted octanol–water partition coefficient (Wildman–Crippen LogP) is 1.27. The molecule has 2 N–H and O–H groups in total. The third-order valence-electron chi connectivity index (χ3n) is 2.96. The van der Waals surface area contributed by atoms with Crippen LogP contribution in [0.3, 0.4) is 0 Å². The number of carbonyl (C=O) groups is 1. The first kappa shape index (κ1) is 16.1. The van der Waals surface area contributed by atoms with Gasteiger partial charge >= 0.3 is 11.7 Å². The lowest BCUT2D eigenvalue weighted by Crippen LogP contribution is -2.18. The SMILES string of the molecule is O=C(O)CCc1cnc(COc2ccccc2[N+](=O)[O-])[nH]c1=O. The number of nitrogens with zero attached hydrogens (tertiary/aromatic N) is 2. The van der Waals surface area contributed by atoms with Gasteiger partial charge in [0.1, 0.15) is 12.4 Å². The highest BCUT2D eigenvalue weighted by Gasteiger charge is 2.14. The predicted molar refractivity (Wildman–Crippen MR) is 78.2 cm³/mol. The second-order valence-corrected chi connectivity index (χ2v) is 4.59. The Bertz CT molecular complexity index is 786. The van der Waals surface area contributed by atoms with Crippen LogP contribution >= 0.6 is 0 Å². The lowest BCUT2D eigenvalue weighted by Gasteiger charge is -2.06. The molecule has 0 fully saturated rings. The first-order chi connectivity index (χ1) is 11.0. The first-order valence-corrected chi connectivity index (χ1v) is 6.62. The average Bonchev–Trinajstić information content (AvgIpc) is 2.52. The van der Waals surface area contributed by atoms with Crippen LogP contribution in [0, 0.1) is 10.1 Å². The Labute approximate surface area is 129 Å². The summed E-state index contributed by atoms with van der Waals surface area (Å²) in [5.74, 6) is -0.754.